The van der Waals surface area contributed by atoms with Gasteiger partial charge in [0.2, 0.25) is 5.91 Å². The SMILES string of the molecule is CC[C@@H](C)NC(=O)[C@@H](Cc1ccccc1)N(Cc1cccc(Cl)c1)C(=O)COc1cc(C)c(Cl)c(C)c1. The predicted molar refractivity (Wildman–Crippen MR) is 150 cm³/mol. The summed E-state index contributed by atoms with van der Waals surface area (Å²) in [6.07, 6.45) is 1.15. The second-order valence-corrected chi connectivity index (χ2v) is 10.1. The molecule has 5 nitrogen and oxygen atoms in total. The Balaban J connectivity index is 1.93. The van der Waals surface area contributed by atoms with Gasteiger partial charge in [-0.15, -0.1) is 0 Å². The van der Waals surface area contributed by atoms with Gasteiger partial charge in [0.15, 0.2) is 6.61 Å². The van der Waals surface area contributed by atoms with Crippen molar-refractivity contribution in [2.45, 2.75) is 59.2 Å². The summed E-state index contributed by atoms with van der Waals surface area (Å²) in [7, 11) is 0. The van der Waals surface area contributed by atoms with E-state index in [0.29, 0.717) is 22.2 Å². The molecule has 0 radical (unpaired) electrons. The van der Waals surface area contributed by atoms with Crippen LogP contribution in [0.1, 0.15) is 42.5 Å². The number of hydrogen-bond acceptors (Lipinski definition) is 3. The Bertz CT molecular complexity index is 1190. The summed E-state index contributed by atoms with van der Waals surface area (Å²) in [5.41, 5.74) is 3.53. The second kappa shape index (κ2) is 13.5. The molecule has 1 N–H and O–H groups in total. The molecule has 0 spiro atoms. The fourth-order valence-corrected chi connectivity index (χ4v) is 4.37. The number of nitrogens with one attached hydrogen (secondary N) is 1. The van der Waals surface area contributed by atoms with Crippen LogP contribution in [0.3, 0.4) is 0 Å². The number of nitrogens with zero attached hydrogens (tertiary/aromatic N) is 1. The molecule has 0 unspecified atom stereocenters. The van der Waals surface area contributed by atoms with Gasteiger partial charge in [-0.2, -0.15) is 0 Å². The van der Waals surface area contributed by atoms with Gasteiger partial charge >= 0.3 is 0 Å². The lowest BCUT2D eigenvalue weighted by Crippen LogP contribution is -2.53. The average molecular weight is 542 g/mol. The Morgan fingerprint density at radius 1 is 0.946 bits per heavy atom. The van der Waals surface area contributed by atoms with Crippen molar-refractivity contribution in [3.8, 4) is 5.75 Å². The Labute approximate surface area is 229 Å². The van der Waals surface area contributed by atoms with Crippen LogP contribution in [-0.2, 0) is 22.6 Å². The first-order valence-corrected chi connectivity index (χ1v) is 13.2. The smallest absolute Gasteiger partial charge is 0.261 e. The van der Waals surface area contributed by atoms with Gasteiger partial charge in [-0.3, -0.25) is 9.59 Å². The van der Waals surface area contributed by atoms with E-state index in [1.165, 1.54) is 0 Å². The van der Waals surface area contributed by atoms with Crippen LogP contribution in [0.15, 0.2) is 66.7 Å². The highest BCUT2D eigenvalue weighted by molar-refractivity contribution is 6.32. The Morgan fingerprint density at radius 3 is 2.22 bits per heavy atom. The summed E-state index contributed by atoms with van der Waals surface area (Å²) in [6, 6.07) is 19.9. The van der Waals surface area contributed by atoms with Crippen molar-refractivity contribution >= 4 is 35.0 Å². The van der Waals surface area contributed by atoms with E-state index >= 15 is 0 Å². The maximum atomic E-state index is 13.7. The lowest BCUT2D eigenvalue weighted by molar-refractivity contribution is -0.143. The first kappa shape index (κ1) is 28.5. The fraction of sp³-hybridized carbons (Fsp3) is 0.333. The van der Waals surface area contributed by atoms with Crippen molar-refractivity contribution < 1.29 is 14.3 Å². The van der Waals surface area contributed by atoms with Crippen LogP contribution >= 0.6 is 23.2 Å². The zero-order valence-electron chi connectivity index (χ0n) is 21.8. The molecule has 0 aromatic heterocycles. The quantitative estimate of drug-likeness (QED) is 0.300. The average Bonchev–Trinajstić information content (AvgIpc) is 2.88. The Hall–Kier alpha value is -3.02. The van der Waals surface area contributed by atoms with Crippen molar-refractivity contribution in [1.82, 2.24) is 10.2 Å². The zero-order chi connectivity index (χ0) is 26.9. The summed E-state index contributed by atoms with van der Waals surface area (Å²) >= 11 is 12.5. The van der Waals surface area contributed by atoms with Gasteiger partial charge in [0, 0.05) is 29.1 Å². The number of ether oxygens (including phenoxy) is 1. The Morgan fingerprint density at radius 2 is 1.59 bits per heavy atom. The van der Waals surface area contributed by atoms with E-state index in [4.69, 9.17) is 27.9 Å². The first-order valence-electron chi connectivity index (χ1n) is 12.5. The molecular formula is C30H34Cl2N2O3. The van der Waals surface area contributed by atoms with Crippen LogP contribution in [0.4, 0.5) is 0 Å². The molecule has 0 aliphatic heterocycles. The van der Waals surface area contributed by atoms with Gasteiger partial charge in [-0.1, -0.05) is 72.6 Å². The number of carbonyl (C=O) groups is 2. The van der Waals surface area contributed by atoms with Crippen molar-refractivity contribution in [3.05, 3.63) is 99.0 Å². The lowest BCUT2D eigenvalue weighted by atomic mass is 10.0. The molecule has 3 rings (SSSR count). The minimum atomic E-state index is -0.736. The number of rotatable bonds is 11. The lowest BCUT2D eigenvalue weighted by Gasteiger charge is -2.32. The zero-order valence-corrected chi connectivity index (χ0v) is 23.3. The van der Waals surface area contributed by atoms with Gasteiger partial charge in [0.25, 0.3) is 5.91 Å². The molecule has 0 saturated heterocycles. The molecule has 0 saturated carbocycles. The molecule has 0 fully saturated rings. The molecule has 196 valence electrons. The van der Waals surface area contributed by atoms with E-state index in [-0.39, 0.29) is 31.0 Å². The topological polar surface area (TPSA) is 58.6 Å². The summed E-state index contributed by atoms with van der Waals surface area (Å²) in [4.78, 5) is 28.8. The number of aryl methyl sites for hydroxylation is 2. The largest absolute Gasteiger partial charge is 0.484 e. The first-order chi connectivity index (χ1) is 17.7. The molecular weight excluding hydrogens is 507 g/mol. The maximum absolute atomic E-state index is 13.7. The number of amides is 2. The van der Waals surface area contributed by atoms with Crippen LogP contribution in [0.25, 0.3) is 0 Å². The van der Waals surface area contributed by atoms with E-state index in [0.717, 1.165) is 28.7 Å². The number of carbonyl (C=O) groups excluding carboxylic acids is 2. The fourth-order valence-electron chi connectivity index (χ4n) is 4.04. The van der Waals surface area contributed by atoms with Gasteiger partial charge < -0.3 is 15.0 Å². The highest BCUT2D eigenvalue weighted by atomic mass is 35.5. The van der Waals surface area contributed by atoms with Crippen LogP contribution < -0.4 is 10.1 Å². The maximum Gasteiger partial charge on any atom is 0.261 e. The van der Waals surface area contributed by atoms with Crippen LogP contribution in [-0.4, -0.2) is 35.4 Å². The molecule has 3 aromatic rings. The minimum absolute atomic E-state index is 0.0230. The Kier molecular flexibility index (Phi) is 10.4. The minimum Gasteiger partial charge on any atom is -0.484 e. The van der Waals surface area contributed by atoms with Crippen molar-refractivity contribution in [3.63, 3.8) is 0 Å². The van der Waals surface area contributed by atoms with E-state index in [1.54, 1.807) is 29.2 Å². The van der Waals surface area contributed by atoms with Gasteiger partial charge in [-0.25, -0.2) is 0 Å². The highest BCUT2D eigenvalue weighted by Gasteiger charge is 2.31. The number of halogens is 2. The van der Waals surface area contributed by atoms with Crippen molar-refractivity contribution in [2.24, 2.45) is 0 Å². The predicted octanol–water partition coefficient (Wildman–Crippen LogP) is 6.54. The second-order valence-electron chi connectivity index (χ2n) is 9.33. The molecule has 2 amide bonds. The van der Waals surface area contributed by atoms with E-state index < -0.39 is 6.04 Å². The van der Waals surface area contributed by atoms with E-state index in [1.807, 2.05) is 70.2 Å². The van der Waals surface area contributed by atoms with Crippen LogP contribution in [0.2, 0.25) is 10.0 Å². The normalized spacial score (nSPS) is 12.5. The monoisotopic (exact) mass is 540 g/mol. The van der Waals surface area contributed by atoms with Crippen molar-refractivity contribution in [2.75, 3.05) is 6.61 Å². The number of benzene rings is 3. The van der Waals surface area contributed by atoms with Gasteiger partial charge in [0.05, 0.1) is 0 Å². The molecule has 7 heteroatoms. The van der Waals surface area contributed by atoms with Crippen LogP contribution in [0.5, 0.6) is 5.75 Å². The molecule has 3 aromatic carbocycles. The number of hydrogen-bond donors (Lipinski definition) is 1. The third-order valence-electron chi connectivity index (χ3n) is 6.29. The molecule has 0 aliphatic carbocycles. The molecule has 0 heterocycles. The molecule has 37 heavy (non-hydrogen) atoms. The third kappa shape index (κ3) is 8.24. The van der Waals surface area contributed by atoms with Crippen molar-refractivity contribution in [1.29, 1.82) is 0 Å². The summed E-state index contributed by atoms with van der Waals surface area (Å²) in [5, 5.41) is 4.30. The molecule has 0 aliphatic rings. The standard InChI is InChI=1S/C30H34Cl2N2O3/c1-5-22(4)33-30(36)27(17-23-10-7-6-8-11-23)34(18-24-12-9-13-25(31)16-24)28(35)19-37-26-14-20(2)29(32)21(3)15-26/h6-16,22,27H,5,17-19H2,1-4H3,(H,33,36)/t22-,27-/m1/s1. The van der Waals surface area contributed by atoms with E-state index in [2.05, 4.69) is 5.32 Å². The van der Waals surface area contributed by atoms with Gasteiger partial charge in [0.1, 0.15) is 11.8 Å². The summed E-state index contributed by atoms with van der Waals surface area (Å²) < 4.78 is 5.90. The van der Waals surface area contributed by atoms with Crippen LogP contribution in [0, 0.1) is 13.8 Å². The third-order valence-corrected chi connectivity index (χ3v) is 7.12. The molecule has 0 bridgehead atoms. The summed E-state index contributed by atoms with van der Waals surface area (Å²) in [5.74, 6) is 0.0522. The highest BCUT2D eigenvalue weighted by Crippen LogP contribution is 2.26. The van der Waals surface area contributed by atoms with E-state index in [9.17, 15) is 9.59 Å². The molecule has 2 atom stereocenters. The van der Waals surface area contributed by atoms with Gasteiger partial charge in [-0.05, 0) is 73.7 Å². The summed E-state index contributed by atoms with van der Waals surface area (Å²) in [6.45, 7) is 7.75.